The lowest BCUT2D eigenvalue weighted by atomic mass is 10.1. The van der Waals surface area contributed by atoms with Crippen LogP contribution in [-0.2, 0) is 0 Å². The molecule has 0 saturated heterocycles. The summed E-state index contributed by atoms with van der Waals surface area (Å²) in [5.41, 5.74) is 11.2. The fourth-order valence-corrected chi connectivity index (χ4v) is 1.77. The molecule has 0 fully saturated rings. The topological polar surface area (TPSA) is 95.6 Å². The van der Waals surface area contributed by atoms with Gasteiger partial charge in [0.2, 0.25) is 11.9 Å². The van der Waals surface area contributed by atoms with Crippen LogP contribution < -0.4 is 11.5 Å². The van der Waals surface area contributed by atoms with E-state index in [1.165, 1.54) is 4.68 Å². The van der Waals surface area contributed by atoms with Crippen molar-refractivity contribution >= 4 is 22.7 Å². The van der Waals surface area contributed by atoms with Gasteiger partial charge in [-0.2, -0.15) is 9.67 Å². The molecule has 0 aliphatic heterocycles. The zero-order chi connectivity index (χ0) is 11.8. The Morgan fingerprint density at radius 3 is 2.65 bits per heavy atom. The van der Waals surface area contributed by atoms with Gasteiger partial charge in [-0.15, -0.1) is 5.10 Å². The van der Waals surface area contributed by atoms with E-state index in [0.29, 0.717) is 5.82 Å². The molecule has 0 amide bonds. The summed E-state index contributed by atoms with van der Waals surface area (Å²) in [4.78, 5) is 8.14. The van der Waals surface area contributed by atoms with Gasteiger partial charge in [-0.05, 0) is 11.5 Å². The molecule has 2 aromatic heterocycles. The summed E-state index contributed by atoms with van der Waals surface area (Å²) in [6, 6.07) is 9.77. The summed E-state index contributed by atoms with van der Waals surface area (Å²) in [5.74, 6) is 0.994. The molecule has 6 nitrogen and oxygen atoms in total. The van der Waals surface area contributed by atoms with Crippen LogP contribution in [0.25, 0.3) is 16.6 Å². The number of hydrogen-bond donors (Lipinski definition) is 2. The SMILES string of the molecule is Nc1nc(N)n(-c2nccc3ccccc23)n1. The predicted molar refractivity (Wildman–Crippen MR) is 65.5 cm³/mol. The Morgan fingerprint density at radius 1 is 1.06 bits per heavy atom. The van der Waals surface area contributed by atoms with E-state index in [9.17, 15) is 0 Å². The molecule has 17 heavy (non-hydrogen) atoms. The number of hydrogen-bond acceptors (Lipinski definition) is 5. The van der Waals surface area contributed by atoms with Gasteiger partial charge in [0, 0.05) is 11.6 Å². The molecule has 84 valence electrons. The lowest BCUT2D eigenvalue weighted by Gasteiger charge is -2.05. The first-order valence-corrected chi connectivity index (χ1v) is 5.08. The molecule has 1 aromatic carbocycles. The van der Waals surface area contributed by atoms with Crippen molar-refractivity contribution in [2.24, 2.45) is 0 Å². The molecular weight excluding hydrogens is 216 g/mol. The maximum Gasteiger partial charge on any atom is 0.241 e. The van der Waals surface area contributed by atoms with Crippen LogP contribution in [0, 0.1) is 0 Å². The molecule has 4 N–H and O–H groups in total. The van der Waals surface area contributed by atoms with Gasteiger partial charge < -0.3 is 11.5 Å². The second-order valence-electron chi connectivity index (χ2n) is 3.60. The largest absolute Gasteiger partial charge is 0.368 e. The summed E-state index contributed by atoms with van der Waals surface area (Å²) >= 11 is 0. The van der Waals surface area contributed by atoms with E-state index in [1.54, 1.807) is 6.20 Å². The molecule has 0 saturated carbocycles. The van der Waals surface area contributed by atoms with Crippen LogP contribution in [0.5, 0.6) is 0 Å². The quantitative estimate of drug-likeness (QED) is 0.644. The molecule has 0 bridgehead atoms. The van der Waals surface area contributed by atoms with Crippen molar-refractivity contribution in [3.05, 3.63) is 36.5 Å². The summed E-state index contributed by atoms with van der Waals surface area (Å²) in [6.45, 7) is 0. The molecule has 0 aliphatic carbocycles. The van der Waals surface area contributed by atoms with Crippen LogP contribution in [0.2, 0.25) is 0 Å². The standard InChI is InChI=1S/C11H10N6/c12-10-15-11(13)17(16-10)9-8-4-2-1-3-7(8)5-6-14-9/h1-6H,(H4,12,13,15,16). The maximum atomic E-state index is 5.73. The van der Waals surface area contributed by atoms with Crippen LogP contribution in [0.1, 0.15) is 0 Å². The first kappa shape index (κ1) is 9.59. The highest BCUT2D eigenvalue weighted by Gasteiger charge is 2.10. The maximum absolute atomic E-state index is 5.73. The van der Waals surface area contributed by atoms with Gasteiger partial charge >= 0.3 is 0 Å². The van der Waals surface area contributed by atoms with Crippen LogP contribution >= 0.6 is 0 Å². The van der Waals surface area contributed by atoms with Crippen molar-refractivity contribution in [2.75, 3.05) is 11.5 Å². The first-order valence-electron chi connectivity index (χ1n) is 5.08. The Bertz CT molecular complexity index is 682. The number of rotatable bonds is 1. The van der Waals surface area contributed by atoms with Crippen LogP contribution in [-0.4, -0.2) is 19.7 Å². The average Bonchev–Trinajstić information content (AvgIpc) is 2.68. The summed E-state index contributed by atoms with van der Waals surface area (Å²) < 4.78 is 1.44. The van der Waals surface area contributed by atoms with Gasteiger partial charge in [-0.25, -0.2) is 4.98 Å². The highest BCUT2D eigenvalue weighted by Crippen LogP contribution is 2.21. The van der Waals surface area contributed by atoms with Crippen molar-refractivity contribution in [2.45, 2.75) is 0 Å². The smallest absolute Gasteiger partial charge is 0.241 e. The molecule has 0 radical (unpaired) electrons. The van der Waals surface area contributed by atoms with E-state index >= 15 is 0 Å². The van der Waals surface area contributed by atoms with Gasteiger partial charge in [0.05, 0.1) is 0 Å². The zero-order valence-electron chi connectivity index (χ0n) is 8.91. The Morgan fingerprint density at radius 2 is 1.88 bits per heavy atom. The zero-order valence-corrected chi connectivity index (χ0v) is 8.91. The first-order chi connectivity index (χ1) is 8.25. The minimum atomic E-state index is 0.136. The number of aromatic nitrogens is 4. The predicted octanol–water partition coefficient (Wildman–Crippen LogP) is 0.980. The van der Waals surface area contributed by atoms with Gasteiger partial charge in [0.15, 0.2) is 5.82 Å². The minimum absolute atomic E-state index is 0.136. The molecule has 2 heterocycles. The van der Waals surface area contributed by atoms with E-state index in [0.717, 1.165) is 10.8 Å². The van der Waals surface area contributed by atoms with Crippen molar-refractivity contribution in [1.29, 1.82) is 0 Å². The van der Waals surface area contributed by atoms with E-state index in [4.69, 9.17) is 11.5 Å². The molecule has 0 aliphatic rings. The molecule has 0 unspecified atom stereocenters. The normalized spacial score (nSPS) is 10.8. The van der Waals surface area contributed by atoms with Crippen molar-refractivity contribution < 1.29 is 0 Å². The summed E-state index contributed by atoms with van der Waals surface area (Å²) in [6.07, 6.45) is 1.70. The Labute approximate surface area is 96.9 Å². The summed E-state index contributed by atoms with van der Waals surface area (Å²) in [7, 11) is 0. The lowest BCUT2D eigenvalue weighted by Crippen LogP contribution is -2.05. The average molecular weight is 226 g/mol. The lowest BCUT2D eigenvalue weighted by molar-refractivity contribution is 0.870. The van der Waals surface area contributed by atoms with Gasteiger partial charge in [0.1, 0.15) is 0 Å². The minimum Gasteiger partial charge on any atom is -0.368 e. The highest BCUT2D eigenvalue weighted by atomic mass is 15.4. The van der Waals surface area contributed by atoms with Crippen molar-refractivity contribution in [3.8, 4) is 5.82 Å². The molecule has 3 aromatic rings. The monoisotopic (exact) mass is 226 g/mol. The number of nitrogens with two attached hydrogens (primary N) is 2. The number of fused-ring (bicyclic) bond motifs is 1. The van der Waals surface area contributed by atoms with Crippen molar-refractivity contribution in [1.82, 2.24) is 19.7 Å². The highest BCUT2D eigenvalue weighted by molar-refractivity contribution is 5.88. The van der Waals surface area contributed by atoms with Crippen LogP contribution in [0.15, 0.2) is 36.5 Å². The Kier molecular flexibility index (Phi) is 1.94. The Hall–Kier alpha value is -2.63. The number of pyridine rings is 1. The molecule has 0 spiro atoms. The molecule has 6 heteroatoms. The third kappa shape index (κ3) is 1.46. The fraction of sp³-hybridized carbons (Fsp3) is 0. The molecule has 3 rings (SSSR count). The van der Waals surface area contributed by atoms with Crippen molar-refractivity contribution in [3.63, 3.8) is 0 Å². The number of nitrogens with zero attached hydrogens (tertiary/aromatic N) is 4. The van der Waals surface area contributed by atoms with Gasteiger partial charge in [-0.3, -0.25) is 0 Å². The second kappa shape index (κ2) is 3.44. The Balaban J connectivity index is 2.34. The van der Waals surface area contributed by atoms with E-state index < -0.39 is 0 Å². The third-order valence-corrected chi connectivity index (χ3v) is 2.50. The fourth-order valence-electron chi connectivity index (χ4n) is 1.77. The second-order valence-corrected chi connectivity index (χ2v) is 3.60. The van der Waals surface area contributed by atoms with Crippen LogP contribution in [0.4, 0.5) is 11.9 Å². The molecule has 0 atom stereocenters. The van der Waals surface area contributed by atoms with Crippen LogP contribution in [0.3, 0.4) is 0 Å². The van der Waals surface area contributed by atoms with Gasteiger partial charge in [0.25, 0.3) is 0 Å². The number of anilines is 2. The van der Waals surface area contributed by atoms with E-state index in [1.807, 2.05) is 30.3 Å². The number of nitrogen functional groups attached to an aromatic ring is 2. The summed E-state index contributed by atoms with van der Waals surface area (Å²) in [5, 5.41) is 6.04. The van der Waals surface area contributed by atoms with E-state index in [-0.39, 0.29) is 11.9 Å². The van der Waals surface area contributed by atoms with Gasteiger partial charge in [-0.1, -0.05) is 24.3 Å². The number of benzene rings is 1. The molecular formula is C11H10N6. The third-order valence-electron chi connectivity index (χ3n) is 2.50. The van der Waals surface area contributed by atoms with E-state index in [2.05, 4.69) is 15.1 Å².